The van der Waals surface area contributed by atoms with Crippen molar-refractivity contribution in [2.24, 2.45) is 0 Å². The molecule has 20 heavy (non-hydrogen) atoms. The van der Waals surface area contributed by atoms with Crippen LogP contribution in [-0.4, -0.2) is 21.7 Å². The summed E-state index contributed by atoms with van der Waals surface area (Å²) in [6.45, 7) is 4.91. The number of nitrogens with one attached hydrogen (secondary N) is 1. The summed E-state index contributed by atoms with van der Waals surface area (Å²) in [5.74, 6) is 1.21. The zero-order valence-electron chi connectivity index (χ0n) is 11.5. The largest absolute Gasteiger partial charge is 0.337 e. The van der Waals surface area contributed by atoms with Crippen LogP contribution in [-0.2, 0) is 0 Å². The maximum Gasteiger partial charge on any atom is 0.243 e. The summed E-state index contributed by atoms with van der Waals surface area (Å²) < 4.78 is 5.31. The Kier molecular flexibility index (Phi) is 3.43. The van der Waals surface area contributed by atoms with Gasteiger partial charge in [0.05, 0.1) is 11.6 Å². The van der Waals surface area contributed by atoms with E-state index in [4.69, 9.17) is 4.52 Å². The van der Waals surface area contributed by atoms with Crippen molar-refractivity contribution in [3.05, 3.63) is 42.4 Å². The van der Waals surface area contributed by atoms with Gasteiger partial charge >= 0.3 is 0 Å². The Hall–Kier alpha value is -2.27. The Morgan fingerprint density at radius 3 is 3.05 bits per heavy atom. The molecule has 0 radical (unpaired) electrons. The Morgan fingerprint density at radius 2 is 2.20 bits per heavy atom. The fourth-order valence-electron chi connectivity index (χ4n) is 2.14. The van der Waals surface area contributed by atoms with Gasteiger partial charge in [0.1, 0.15) is 0 Å². The van der Waals surface area contributed by atoms with Crippen molar-refractivity contribution in [1.29, 1.82) is 0 Å². The molecular formula is C15H16N4O. The third-order valence-electron chi connectivity index (χ3n) is 3.18. The van der Waals surface area contributed by atoms with Crippen LogP contribution in [0.15, 0.2) is 41.1 Å². The van der Waals surface area contributed by atoms with Gasteiger partial charge < -0.3 is 9.84 Å². The monoisotopic (exact) mass is 268 g/mol. The first-order valence-corrected chi connectivity index (χ1v) is 6.70. The van der Waals surface area contributed by atoms with Crippen LogP contribution >= 0.6 is 0 Å². The molecule has 0 saturated carbocycles. The molecule has 1 aromatic carbocycles. The Bertz CT molecular complexity index is 722. The van der Waals surface area contributed by atoms with E-state index in [1.165, 1.54) is 0 Å². The summed E-state index contributed by atoms with van der Waals surface area (Å²) >= 11 is 0. The Morgan fingerprint density at radius 1 is 1.30 bits per heavy atom. The number of benzene rings is 1. The number of fused-ring (bicyclic) bond motifs is 1. The zero-order chi connectivity index (χ0) is 13.9. The van der Waals surface area contributed by atoms with Gasteiger partial charge in [-0.25, -0.2) is 0 Å². The van der Waals surface area contributed by atoms with Gasteiger partial charge in [0, 0.05) is 17.1 Å². The summed E-state index contributed by atoms with van der Waals surface area (Å²) in [7, 11) is 0. The molecule has 0 saturated heterocycles. The van der Waals surface area contributed by atoms with Crippen LogP contribution in [0.3, 0.4) is 0 Å². The first-order valence-electron chi connectivity index (χ1n) is 6.70. The number of nitrogens with zero attached hydrogens (tertiary/aromatic N) is 3. The van der Waals surface area contributed by atoms with Crippen molar-refractivity contribution >= 4 is 10.9 Å². The lowest BCUT2D eigenvalue weighted by atomic mass is 10.1. The summed E-state index contributed by atoms with van der Waals surface area (Å²) in [6, 6.07) is 9.95. The second-order valence-electron chi connectivity index (χ2n) is 4.65. The van der Waals surface area contributed by atoms with Crippen LogP contribution < -0.4 is 5.32 Å². The van der Waals surface area contributed by atoms with Gasteiger partial charge in [0.2, 0.25) is 11.7 Å². The average molecular weight is 268 g/mol. The van der Waals surface area contributed by atoms with Crippen LogP contribution in [0.25, 0.3) is 22.3 Å². The minimum absolute atomic E-state index is 0.0587. The van der Waals surface area contributed by atoms with E-state index in [2.05, 4.69) is 20.4 Å². The van der Waals surface area contributed by atoms with Crippen LogP contribution in [0.1, 0.15) is 25.8 Å². The van der Waals surface area contributed by atoms with E-state index >= 15 is 0 Å². The molecule has 0 aliphatic rings. The molecule has 0 amide bonds. The highest BCUT2D eigenvalue weighted by atomic mass is 16.5. The van der Waals surface area contributed by atoms with Crippen LogP contribution in [0.5, 0.6) is 0 Å². The molecular weight excluding hydrogens is 252 g/mol. The van der Waals surface area contributed by atoms with Crippen molar-refractivity contribution in [3.8, 4) is 11.4 Å². The van der Waals surface area contributed by atoms with Crippen molar-refractivity contribution < 1.29 is 4.52 Å². The zero-order valence-corrected chi connectivity index (χ0v) is 11.5. The SMILES string of the molecule is CCNC(C)c1nc(-c2ccc3ncccc3c2)no1. The first kappa shape index (κ1) is 12.7. The van der Waals surface area contributed by atoms with E-state index < -0.39 is 0 Å². The maximum atomic E-state index is 5.31. The van der Waals surface area contributed by atoms with E-state index in [1.54, 1.807) is 6.20 Å². The Balaban J connectivity index is 1.94. The molecule has 5 nitrogen and oxygen atoms in total. The van der Waals surface area contributed by atoms with Gasteiger partial charge in [-0.15, -0.1) is 0 Å². The lowest BCUT2D eigenvalue weighted by molar-refractivity contribution is 0.342. The van der Waals surface area contributed by atoms with E-state index in [1.807, 2.05) is 44.2 Å². The highest BCUT2D eigenvalue weighted by molar-refractivity contribution is 5.82. The lowest BCUT2D eigenvalue weighted by Crippen LogP contribution is -2.17. The Labute approximate surface area is 117 Å². The molecule has 102 valence electrons. The highest BCUT2D eigenvalue weighted by Gasteiger charge is 2.14. The molecule has 2 aromatic heterocycles. The van der Waals surface area contributed by atoms with Gasteiger partial charge in [0.25, 0.3) is 0 Å². The van der Waals surface area contributed by atoms with Crippen molar-refractivity contribution in [1.82, 2.24) is 20.4 Å². The second-order valence-corrected chi connectivity index (χ2v) is 4.65. The predicted molar refractivity (Wildman–Crippen MR) is 77.1 cm³/mol. The average Bonchev–Trinajstić information content (AvgIpc) is 2.97. The molecule has 2 heterocycles. The summed E-state index contributed by atoms with van der Waals surface area (Å²) in [5.41, 5.74) is 1.89. The topological polar surface area (TPSA) is 63.8 Å². The van der Waals surface area contributed by atoms with Gasteiger partial charge in [-0.2, -0.15) is 4.98 Å². The maximum absolute atomic E-state index is 5.31. The van der Waals surface area contributed by atoms with E-state index in [0.29, 0.717) is 11.7 Å². The molecule has 1 N–H and O–H groups in total. The number of rotatable bonds is 4. The third kappa shape index (κ3) is 2.40. The summed E-state index contributed by atoms with van der Waals surface area (Å²) in [4.78, 5) is 8.74. The molecule has 3 aromatic rings. The molecule has 3 rings (SSSR count). The standard InChI is InChI=1S/C15H16N4O/c1-3-16-10(2)15-18-14(19-20-15)12-6-7-13-11(9-12)5-4-8-17-13/h4-10,16H,3H2,1-2H3. The van der Waals surface area contributed by atoms with Crippen LogP contribution in [0.2, 0.25) is 0 Å². The van der Waals surface area contributed by atoms with Gasteiger partial charge in [-0.1, -0.05) is 18.1 Å². The fourth-order valence-corrected chi connectivity index (χ4v) is 2.14. The minimum Gasteiger partial charge on any atom is -0.337 e. The molecule has 1 unspecified atom stereocenters. The minimum atomic E-state index is 0.0587. The smallest absolute Gasteiger partial charge is 0.243 e. The van der Waals surface area contributed by atoms with Crippen LogP contribution in [0, 0.1) is 0 Å². The molecule has 0 aliphatic carbocycles. The van der Waals surface area contributed by atoms with Crippen LogP contribution in [0.4, 0.5) is 0 Å². The lowest BCUT2D eigenvalue weighted by Gasteiger charge is -2.05. The normalized spacial score (nSPS) is 12.7. The molecule has 0 spiro atoms. The predicted octanol–water partition coefficient (Wildman–Crippen LogP) is 2.96. The second kappa shape index (κ2) is 5.38. The van der Waals surface area contributed by atoms with Crippen molar-refractivity contribution in [2.75, 3.05) is 6.54 Å². The molecule has 0 aliphatic heterocycles. The molecule has 0 fully saturated rings. The van der Waals surface area contributed by atoms with Gasteiger partial charge in [0.15, 0.2) is 0 Å². The number of hydrogen-bond donors (Lipinski definition) is 1. The highest BCUT2D eigenvalue weighted by Crippen LogP contribution is 2.22. The first-order chi connectivity index (χ1) is 9.78. The molecule has 1 atom stereocenters. The quantitative estimate of drug-likeness (QED) is 0.788. The van der Waals surface area contributed by atoms with E-state index in [-0.39, 0.29) is 6.04 Å². The summed E-state index contributed by atoms with van der Waals surface area (Å²) in [5, 5.41) is 8.37. The number of aromatic nitrogens is 3. The van der Waals surface area contributed by atoms with Gasteiger partial charge in [-0.05, 0) is 37.7 Å². The van der Waals surface area contributed by atoms with Gasteiger partial charge in [-0.3, -0.25) is 4.98 Å². The third-order valence-corrected chi connectivity index (χ3v) is 3.18. The van der Waals surface area contributed by atoms with E-state index in [9.17, 15) is 0 Å². The van der Waals surface area contributed by atoms with Crippen molar-refractivity contribution in [3.63, 3.8) is 0 Å². The summed E-state index contributed by atoms with van der Waals surface area (Å²) in [6.07, 6.45) is 1.78. The number of hydrogen-bond acceptors (Lipinski definition) is 5. The number of pyridine rings is 1. The fraction of sp³-hybridized carbons (Fsp3) is 0.267. The molecule has 5 heteroatoms. The molecule has 0 bridgehead atoms. The van der Waals surface area contributed by atoms with Crippen molar-refractivity contribution in [2.45, 2.75) is 19.9 Å². The van der Waals surface area contributed by atoms with E-state index in [0.717, 1.165) is 23.0 Å².